The number of hydrogen-bond acceptors (Lipinski definition) is 3. The zero-order chi connectivity index (χ0) is 15.4. The van der Waals surface area contributed by atoms with Crippen LogP contribution in [0.4, 0.5) is 0 Å². The number of halogens is 2. The van der Waals surface area contributed by atoms with Gasteiger partial charge in [0.2, 0.25) is 0 Å². The fraction of sp³-hybridized carbons (Fsp3) is 0.375. The van der Waals surface area contributed by atoms with E-state index in [-0.39, 0.29) is 6.04 Å². The molecule has 1 heterocycles. The SMILES string of the molecule is CCCNC(c1cc(C)c(Cl)s1)c1ccc(Br)cc1OC. The van der Waals surface area contributed by atoms with Crippen molar-refractivity contribution in [2.75, 3.05) is 13.7 Å². The molecule has 2 aromatic rings. The fourth-order valence-corrected chi connectivity index (χ4v) is 3.85. The quantitative estimate of drug-likeness (QED) is 0.698. The van der Waals surface area contributed by atoms with E-state index in [0.717, 1.165) is 38.7 Å². The second-order valence-electron chi connectivity index (χ2n) is 4.88. The summed E-state index contributed by atoms with van der Waals surface area (Å²) in [5.74, 6) is 0.875. The Labute approximate surface area is 143 Å². The number of rotatable bonds is 6. The van der Waals surface area contributed by atoms with Gasteiger partial charge >= 0.3 is 0 Å². The molecule has 1 N–H and O–H groups in total. The molecule has 114 valence electrons. The highest BCUT2D eigenvalue weighted by atomic mass is 79.9. The molecule has 0 amide bonds. The summed E-state index contributed by atoms with van der Waals surface area (Å²) in [5.41, 5.74) is 2.25. The molecule has 0 radical (unpaired) electrons. The third-order valence-corrected chi connectivity index (χ3v) is 5.38. The van der Waals surface area contributed by atoms with Gasteiger partial charge in [0.1, 0.15) is 5.75 Å². The van der Waals surface area contributed by atoms with Crippen LogP contribution < -0.4 is 10.1 Å². The van der Waals surface area contributed by atoms with Crippen molar-refractivity contribution < 1.29 is 4.74 Å². The lowest BCUT2D eigenvalue weighted by atomic mass is 10.0. The number of aryl methyl sites for hydroxylation is 1. The highest BCUT2D eigenvalue weighted by Gasteiger charge is 2.20. The average Bonchev–Trinajstić information content (AvgIpc) is 2.80. The van der Waals surface area contributed by atoms with Crippen molar-refractivity contribution in [3.05, 3.63) is 49.1 Å². The van der Waals surface area contributed by atoms with E-state index < -0.39 is 0 Å². The Bertz CT molecular complexity index is 595. The summed E-state index contributed by atoms with van der Waals surface area (Å²) in [7, 11) is 1.70. The van der Waals surface area contributed by atoms with E-state index in [2.05, 4.69) is 40.3 Å². The predicted molar refractivity (Wildman–Crippen MR) is 94.9 cm³/mol. The maximum atomic E-state index is 6.25. The fourth-order valence-electron chi connectivity index (χ4n) is 2.20. The molecule has 1 aromatic heterocycles. The zero-order valence-corrected chi connectivity index (χ0v) is 15.5. The summed E-state index contributed by atoms with van der Waals surface area (Å²) >= 11 is 11.4. The highest BCUT2D eigenvalue weighted by Crippen LogP contribution is 2.38. The second-order valence-corrected chi connectivity index (χ2v) is 7.48. The van der Waals surface area contributed by atoms with Gasteiger partial charge < -0.3 is 10.1 Å². The third-order valence-electron chi connectivity index (χ3n) is 3.27. The Morgan fingerprint density at radius 2 is 2.14 bits per heavy atom. The van der Waals surface area contributed by atoms with Crippen LogP contribution in [0.5, 0.6) is 5.75 Å². The molecule has 1 unspecified atom stereocenters. The van der Waals surface area contributed by atoms with Gasteiger partial charge in [0, 0.05) is 14.9 Å². The van der Waals surface area contributed by atoms with Crippen molar-refractivity contribution in [1.82, 2.24) is 5.32 Å². The topological polar surface area (TPSA) is 21.3 Å². The predicted octanol–water partition coefficient (Wildman–Crippen LogP) is 5.57. The minimum Gasteiger partial charge on any atom is -0.496 e. The van der Waals surface area contributed by atoms with Crippen molar-refractivity contribution in [3.63, 3.8) is 0 Å². The summed E-state index contributed by atoms with van der Waals surface area (Å²) in [6, 6.07) is 8.39. The van der Waals surface area contributed by atoms with E-state index in [1.54, 1.807) is 18.4 Å². The van der Waals surface area contributed by atoms with Gasteiger partial charge in [-0.2, -0.15) is 0 Å². The molecule has 0 aliphatic rings. The molecule has 2 rings (SSSR count). The highest BCUT2D eigenvalue weighted by molar-refractivity contribution is 9.10. The van der Waals surface area contributed by atoms with Crippen molar-refractivity contribution >= 4 is 38.9 Å². The minimum atomic E-state index is 0.101. The minimum absolute atomic E-state index is 0.101. The van der Waals surface area contributed by atoms with E-state index in [9.17, 15) is 0 Å². The van der Waals surface area contributed by atoms with E-state index in [4.69, 9.17) is 16.3 Å². The number of hydrogen-bond donors (Lipinski definition) is 1. The van der Waals surface area contributed by atoms with E-state index in [1.807, 2.05) is 19.1 Å². The van der Waals surface area contributed by atoms with Crippen molar-refractivity contribution in [2.45, 2.75) is 26.3 Å². The second kappa shape index (κ2) is 7.63. The number of nitrogens with one attached hydrogen (secondary N) is 1. The first-order chi connectivity index (χ1) is 10.1. The number of methoxy groups -OCH3 is 1. The lowest BCUT2D eigenvalue weighted by Crippen LogP contribution is -2.23. The largest absolute Gasteiger partial charge is 0.496 e. The van der Waals surface area contributed by atoms with Gasteiger partial charge in [0.05, 0.1) is 17.5 Å². The van der Waals surface area contributed by atoms with Gasteiger partial charge in [0.25, 0.3) is 0 Å². The lowest BCUT2D eigenvalue weighted by Gasteiger charge is -2.20. The monoisotopic (exact) mass is 387 g/mol. The van der Waals surface area contributed by atoms with Crippen molar-refractivity contribution in [2.24, 2.45) is 0 Å². The van der Waals surface area contributed by atoms with Crippen LogP contribution in [-0.2, 0) is 0 Å². The van der Waals surface area contributed by atoms with Gasteiger partial charge in [-0.05, 0) is 43.7 Å². The Kier molecular flexibility index (Phi) is 6.11. The first-order valence-electron chi connectivity index (χ1n) is 6.89. The molecule has 0 saturated heterocycles. The van der Waals surface area contributed by atoms with Crippen LogP contribution in [0.25, 0.3) is 0 Å². The normalized spacial score (nSPS) is 12.4. The molecule has 0 aliphatic heterocycles. The van der Waals surface area contributed by atoms with Crippen LogP contribution in [-0.4, -0.2) is 13.7 Å². The van der Waals surface area contributed by atoms with E-state index in [1.165, 1.54) is 4.88 Å². The molecule has 1 aromatic carbocycles. The maximum Gasteiger partial charge on any atom is 0.125 e. The number of ether oxygens (including phenoxy) is 1. The molecule has 0 saturated carbocycles. The van der Waals surface area contributed by atoms with Crippen LogP contribution in [0.2, 0.25) is 4.34 Å². The van der Waals surface area contributed by atoms with E-state index >= 15 is 0 Å². The van der Waals surface area contributed by atoms with Crippen LogP contribution in [0.3, 0.4) is 0 Å². The molecule has 0 bridgehead atoms. The number of benzene rings is 1. The Morgan fingerprint density at radius 3 is 2.71 bits per heavy atom. The van der Waals surface area contributed by atoms with Gasteiger partial charge in [-0.3, -0.25) is 0 Å². The summed E-state index contributed by atoms with van der Waals surface area (Å²) in [4.78, 5) is 1.21. The van der Waals surface area contributed by atoms with Crippen molar-refractivity contribution in [1.29, 1.82) is 0 Å². The van der Waals surface area contributed by atoms with Gasteiger partial charge in [-0.25, -0.2) is 0 Å². The summed E-state index contributed by atoms with van der Waals surface area (Å²) < 4.78 is 7.41. The molecule has 0 aliphatic carbocycles. The van der Waals surface area contributed by atoms with Gasteiger partial charge in [-0.15, -0.1) is 11.3 Å². The zero-order valence-electron chi connectivity index (χ0n) is 12.4. The summed E-state index contributed by atoms with van der Waals surface area (Å²) in [6.45, 7) is 5.14. The maximum absolute atomic E-state index is 6.25. The molecule has 0 spiro atoms. The Hall–Kier alpha value is -0.550. The molecule has 0 fully saturated rings. The molecular formula is C16H19BrClNOS. The van der Waals surface area contributed by atoms with Crippen molar-refractivity contribution in [3.8, 4) is 5.75 Å². The molecule has 2 nitrogen and oxygen atoms in total. The van der Waals surface area contributed by atoms with Crippen LogP contribution in [0.1, 0.15) is 35.4 Å². The van der Waals surface area contributed by atoms with Crippen LogP contribution in [0.15, 0.2) is 28.7 Å². The summed E-state index contributed by atoms with van der Waals surface area (Å²) in [6.07, 6.45) is 1.08. The first kappa shape index (κ1) is 16.8. The van der Waals surface area contributed by atoms with Crippen LogP contribution >= 0.6 is 38.9 Å². The first-order valence-corrected chi connectivity index (χ1v) is 8.88. The van der Waals surface area contributed by atoms with Gasteiger partial charge in [0.15, 0.2) is 0 Å². The molecular weight excluding hydrogens is 370 g/mol. The average molecular weight is 389 g/mol. The van der Waals surface area contributed by atoms with Gasteiger partial charge in [-0.1, -0.05) is 40.5 Å². The lowest BCUT2D eigenvalue weighted by molar-refractivity contribution is 0.404. The Balaban J connectivity index is 2.44. The molecule has 1 atom stereocenters. The Morgan fingerprint density at radius 1 is 1.38 bits per heavy atom. The summed E-state index contributed by atoms with van der Waals surface area (Å²) in [5, 5.41) is 3.59. The standard InChI is InChI=1S/C16H19BrClNOS/c1-4-7-19-15(14-8-10(2)16(18)21-14)12-6-5-11(17)9-13(12)20-3/h5-6,8-9,15,19H,4,7H2,1-3H3. The number of thiophene rings is 1. The smallest absolute Gasteiger partial charge is 0.125 e. The molecule has 5 heteroatoms. The van der Waals surface area contributed by atoms with Crippen LogP contribution in [0, 0.1) is 6.92 Å². The molecule has 21 heavy (non-hydrogen) atoms. The van der Waals surface area contributed by atoms with E-state index in [0.29, 0.717) is 0 Å². The third kappa shape index (κ3) is 4.01.